The van der Waals surface area contributed by atoms with Crippen LogP contribution in [0.3, 0.4) is 0 Å². The Kier molecular flexibility index (Phi) is 4.28. The van der Waals surface area contributed by atoms with Crippen LogP contribution >= 0.6 is 23.2 Å². The van der Waals surface area contributed by atoms with Crippen LogP contribution < -0.4 is 5.32 Å². The van der Waals surface area contributed by atoms with Crippen molar-refractivity contribution in [1.82, 2.24) is 15.1 Å². The van der Waals surface area contributed by atoms with Gasteiger partial charge in [-0.15, -0.1) is 0 Å². The van der Waals surface area contributed by atoms with E-state index in [2.05, 4.69) is 10.4 Å². The van der Waals surface area contributed by atoms with Gasteiger partial charge < -0.3 is 5.32 Å². The molecular formula is C8H11Cl2N3. The van der Waals surface area contributed by atoms with E-state index in [0.29, 0.717) is 18.1 Å². The zero-order valence-corrected chi connectivity index (χ0v) is 8.81. The summed E-state index contributed by atoms with van der Waals surface area (Å²) in [5, 5.41) is 7.89. The normalized spacial score (nSPS) is 12.1. The zero-order valence-electron chi connectivity index (χ0n) is 7.30. The number of aromatic nitrogens is 2. The molecule has 5 heteroatoms. The van der Waals surface area contributed by atoms with E-state index in [4.69, 9.17) is 23.2 Å². The van der Waals surface area contributed by atoms with Crippen LogP contribution in [0.4, 0.5) is 0 Å². The highest BCUT2D eigenvalue weighted by atomic mass is 35.5. The van der Waals surface area contributed by atoms with Gasteiger partial charge in [0.15, 0.2) is 0 Å². The van der Waals surface area contributed by atoms with Gasteiger partial charge in [-0.1, -0.05) is 23.2 Å². The smallest absolute Gasteiger partial charge is 0.0762 e. The fraction of sp³-hybridized carbons (Fsp3) is 0.375. The van der Waals surface area contributed by atoms with Crippen molar-refractivity contribution in [1.29, 1.82) is 0 Å². The molecule has 1 heterocycles. The van der Waals surface area contributed by atoms with E-state index in [9.17, 15) is 0 Å². The van der Waals surface area contributed by atoms with Gasteiger partial charge in [-0.25, -0.2) is 0 Å². The number of halogens is 2. The second-order valence-corrected chi connectivity index (χ2v) is 3.34. The Labute approximate surface area is 87.3 Å². The summed E-state index contributed by atoms with van der Waals surface area (Å²) in [6, 6.07) is 1.95. The van der Waals surface area contributed by atoms with Crippen LogP contribution in [0.25, 0.3) is 0 Å². The summed E-state index contributed by atoms with van der Waals surface area (Å²) in [6.45, 7) is 1.27. The van der Waals surface area contributed by atoms with E-state index in [0.717, 1.165) is 5.69 Å². The van der Waals surface area contributed by atoms with E-state index < -0.39 is 0 Å². The Morgan fingerprint density at radius 2 is 2.54 bits per heavy atom. The third kappa shape index (κ3) is 3.81. The first-order valence-corrected chi connectivity index (χ1v) is 4.68. The number of aryl methyl sites for hydroxylation is 1. The molecule has 13 heavy (non-hydrogen) atoms. The molecule has 72 valence electrons. The monoisotopic (exact) mass is 219 g/mol. The molecule has 0 aliphatic carbocycles. The zero-order chi connectivity index (χ0) is 9.68. The molecule has 0 saturated heterocycles. The van der Waals surface area contributed by atoms with Gasteiger partial charge in [0.2, 0.25) is 0 Å². The molecule has 0 bridgehead atoms. The summed E-state index contributed by atoms with van der Waals surface area (Å²) in [6.07, 6.45) is 1.90. The summed E-state index contributed by atoms with van der Waals surface area (Å²) in [4.78, 5) is 0. The van der Waals surface area contributed by atoms with Crippen LogP contribution in [-0.4, -0.2) is 16.3 Å². The van der Waals surface area contributed by atoms with Gasteiger partial charge in [0.05, 0.1) is 5.69 Å². The number of hydrogen-bond acceptors (Lipinski definition) is 2. The van der Waals surface area contributed by atoms with E-state index in [1.54, 1.807) is 4.68 Å². The van der Waals surface area contributed by atoms with Crippen molar-refractivity contribution in [2.24, 2.45) is 7.05 Å². The average molecular weight is 220 g/mol. The standard InChI is InChI=1S/C8H11Cl2N3/c1-13-3-2-8(12-13)6-11-5-7(10)4-9/h2-4,11H,5-6H2,1H3/b7-4-. The van der Waals surface area contributed by atoms with Gasteiger partial charge in [-0.3, -0.25) is 4.68 Å². The Hall–Kier alpha value is -0.510. The third-order valence-corrected chi connectivity index (χ3v) is 2.11. The molecule has 0 unspecified atom stereocenters. The topological polar surface area (TPSA) is 29.9 Å². The fourth-order valence-corrected chi connectivity index (χ4v) is 1.08. The van der Waals surface area contributed by atoms with Crippen molar-refractivity contribution in [2.75, 3.05) is 6.54 Å². The van der Waals surface area contributed by atoms with Crippen molar-refractivity contribution in [3.8, 4) is 0 Å². The van der Waals surface area contributed by atoms with Crippen LogP contribution in [0.5, 0.6) is 0 Å². The molecule has 3 nitrogen and oxygen atoms in total. The van der Waals surface area contributed by atoms with Crippen molar-refractivity contribution in [3.63, 3.8) is 0 Å². The van der Waals surface area contributed by atoms with Gasteiger partial charge in [0.25, 0.3) is 0 Å². The summed E-state index contributed by atoms with van der Waals surface area (Å²) >= 11 is 11.1. The molecule has 0 amide bonds. The number of nitrogens with zero attached hydrogens (tertiary/aromatic N) is 2. The van der Waals surface area contributed by atoms with Gasteiger partial charge in [-0.2, -0.15) is 5.10 Å². The summed E-state index contributed by atoms with van der Waals surface area (Å²) in [7, 11) is 1.88. The quantitative estimate of drug-likeness (QED) is 0.838. The van der Waals surface area contributed by atoms with Crippen molar-refractivity contribution in [3.05, 3.63) is 28.5 Å². The number of rotatable bonds is 4. The highest BCUT2D eigenvalue weighted by Gasteiger charge is 1.96. The van der Waals surface area contributed by atoms with Crippen LogP contribution in [0.2, 0.25) is 0 Å². The van der Waals surface area contributed by atoms with E-state index in [-0.39, 0.29) is 0 Å². The molecule has 1 N–H and O–H groups in total. The lowest BCUT2D eigenvalue weighted by molar-refractivity contribution is 0.690. The Bertz CT molecular complexity index is 293. The second kappa shape index (κ2) is 5.27. The maximum Gasteiger partial charge on any atom is 0.0762 e. The van der Waals surface area contributed by atoms with Gasteiger partial charge in [0, 0.05) is 36.9 Å². The molecule has 0 fully saturated rings. The lowest BCUT2D eigenvalue weighted by atomic mass is 10.4. The molecule has 0 aliphatic rings. The maximum atomic E-state index is 5.68. The van der Waals surface area contributed by atoms with Crippen molar-refractivity contribution in [2.45, 2.75) is 6.54 Å². The SMILES string of the molecule is Cn1ccc(CNC/C(Cl)=C/Cl)n1. The van der Waals surface area contributed by atoms with Crippen molar-refractivity contribution < 1.29 is 0 Å². The number of nitrogens with one attached hydrogen (secondary N) is 1. The Morgan fingerprint density at radius 3 is 3.08 bits per heavy atom. The lowest BCUT2D eigenvalue weighted by Crippen LogP contribution is -2.15. The first-order chi connectivity index (χ1) is 6.22. The molecule has 0 saturated carbocycles. The summed E-state index contributed by atoms with van der Waals surface area (Å²) in [5.74, 6) is 0. The molecule has 0 atom stereocenters. The first-order valence-electron chi connectivity index (χ1n) is 3.86. The second-order valence-electron chi connectivity index (χ2n) is 2.64. The molecular weight excluding hydrogens is 209 g/mol. The highest BCUT2D eigenvalue weighted by molar-refractivity contribution is 6.36. The molecule has 1 aromatic heterocycles. The predicted molar refractivity (Wildman–Crippen MR) is 54.7 cm³/mol. The molecule has 0 radical (unpaired) electrons. The predicted octanol–water partition coefficient (Wildman–Crippen LogP) is 1.83. The molecule has 0 aliphatic heterocycles. The molecule has 1 aromatic rings. The van der Waals surface area contributed by atoms with Gasteiger partial charge in [0.1, 0.15) is 0 Å². The average Bonchev–Trinajstić information content (AvgIpc) is 2.51. The van der Waals surface area contributed by atoms with Crippen LogP contribution in [0, 0.1) is 0 Å². The minimum Gasteiger partial charge on any atom is -0.306 e. The highest BCUT2D eigenvalue weighted by Crippen LogP contribution is 2.01. The first kappa shape index (κ1) is 10.6. The maximum absolute atomic E-state index is 5.68. The van der Waals surface area contributed by atoms with E-state index in [1.807, 2.05) is 19.3 Å². The van der Waals surface area contributed by atoms with Crippen LogP contribution in [-0.2, 0) is 13.6 Å². The van der Waals surface area contributed by atoms with E-state index >= 15 is 0 Å². The van der Waals surface area contributed by atoms with Crippen LogP contribution in [0.15, 0.2) is 22.8 Å². The van der Waals surface area contributed by atoms with Gasteiger partial charge in [-0.05, 0) is 6.07 Å². The van der Waals surface area contributed by atoms with E-state index in [1.165, 1.54) is 5.54 Å². The largest absolute Gasteiger partial charge is 0.306 e. The Morgan fingerprint density at radius 1 is 1.77 bits per heavy atom. The molecule has 1 rings (SSSR count). The molecule has 0 spiro atoms. The van der Waals surface area contributed by atoms with Crippen LogP contribution in [0.1, 0.15) is 5.69 Å². The minimum atomic E-state index is 0.571. The third-order valence-electron chi connectivity index (χ3n) is 1.49. The van der Waals surface area contributed by atoms with Gasteiger partial charge >= 0.3 is 0 Å². The minimum absolute atomic E-state index is 0.571. The summed E-state index contributed by atoms with van der Waals surface area (Å²) in [5.41, 5.74) is 2.34. The molecule has 0 aromatic carbocycles. The number of hydrogen-bond donors (Lipinski definition) is 1. The van der Waals surface area contributed by atoms with Crippen molar-refractivity contribution >= 4 is 23.2 Å². The fourth-order valence-electron chi connectivity index (χ4n) is 0.906. The lowest BCUT2D eigenvalue weighted by Gasteiger charge is -1.99. The Balaban J connectivity index is 2.28. The summed E-state index contributed by atoms with van der Waals surface area (Å²) < 4.78 is 1.76.